The summed E-state index contributed by atoms with van der Waals surface area (Å²) in [6.45, 7) is 9.81. The molecular formula is C25H36N6O3. The monoisotopic (exact) mass is 468 g/mol. The Morgan fingerprint density at radius 3 is 2.26 bits per heavy atom. The van der Waals surface area contributed by atoms with E-state index < -0.39 is 0 Å². The first-order valence-corrected chi connectivity index (χ1v) is 11.7. The highest BCUT2D eigenvalue weighted by Gasteiger charge is 2.17. The number of fused-ring (bicyclic) bond motifs is 1. The minimum atomic E-state index is 0.261. The third kappa shape index (κ3) is 5.77. The topological polar surface area (TPSA) is 108 Å². The van der Waals surface area contributed by atoms with Crippen molar-refractivity contribution in [3.63, 3.8) is 0 Å². The number of methoxy groups -OCH3 is 3. The molecule has 1 atom stereocenters. The number of aromatic nitrogens is 3. The Kier molecular flexibility index (Phi) is 8.70. The average molecular weight is 469 g/mol. The van der Waals surface area contributed by atoms with Crippen LogP contribution in [0.5, 0.6) is 17.2 Å². The Balaban J connectivity index is 1.87. The number of anilines is 2. The number of nitrogens with zero attached hydrogens (tertiary/aromatic N) is 4. The molecule has 2 heterocycles. The van der Waals surface area contributed by atoms with Gasteiger partial charge in [-0.3, -0.25) is 0 Å². The van der Waals surface area contributed by atoms with Crippen LogP contribution in [0.1, 0.15) is 33.6 Å². The van der Waals surface area contributed by atoms with Gasteiger partial charge in [0.25, 0.3) is 0 Å². The summed E-state index contributed by atoms with van der Waals surface area (Å²) in [6.07, 6.45) is 3.87. The third-order valence-electron chi connectivity index (χ3n) is 5.90. The Hall–Kier alpha value is -3.33. The van der Waals surface area contributed by atoms with Crippen LogP contribution in [0, 0.1) is 0 Å². The zero-order valence-corrected chi connectivity index (χ0v) is 21.0. The van der Waals surface area contributed by atoms with Crippen LogP contribution in [0.3, 0.4) is 0 Å². The van der Waals surface area contributed by atoms with Crippen molar-refractivity contribution in [2.45, 2.75) is 39.7 Å². The van der Waals surface area contributed by atoms with Crippen LogP contribution in [-0.2, 0) is 0 Å². The molecule has 184 valence electrons. The number of ether oxygens (including phenoxy) is 3. The fourth-order valence-electron chi connectivity index (χ4n) is 3.99. The van der Waals surface area contributed by atoms with Crippen LogP contribution in [-0.4, -0.2) is 66.9 Å². The van der Waals surface area contributed by atoms with Gasteiger partial charge in [-0.15, -0.1) is 0 Å². The number of hydrogen-bond donors (Lipinski definition) is 2. The minimum Gasteiger partial charge on any atom is -0.493 e. The predicted molar refractivity (Wildman–Crippen MR) is 137 cm³/mol. The molecule has 1 aromatic carbocycles. The standard InChI is InChI=1S/C25H36N6O3/c1-7-31(8-2)11-9-10-16(3)28-18-14-22(26)30-25-23(18)27-15-19(29-25)17-12-20(32-4)24(34-6)21(13-17)33-5/h12-16H,7-11H2,1-6H3,(H3,26,28,29,30)/t16-/m1/s1. The van der Waals surface area contributed by atoms with Crippen LogP contribution in [0.2, 0.25) is 0 Å². The molecule has 3 aromatic rings. The summed E-state index contributed by atoms with van der Waals surface area (Å²) >= 11 is 0. The van der Waals surface area contributed by atoms with Crippen LogP contribution >= 0.6 is 0 Å². The maximum atomic E-state index is 6.11. The SMILES string of the molecule is CCN(CC)CCC[C@@H](C)Nc1cc(N)nc2nc(-c3cc(OC)c(OC)c(OC)c3)cnc12. The molecule has 9 nitrogen and oxygen atoms in total. The fourth-order valence-corrected chi connectivity index (χ4v) is 3.99. The molecule has 0 saturated carbocycles. The molecule has 0 saturated heterocycles. The smallest absolute Gasteiger partial charge is 0.203 e. The average Bonchev–Trinajstić information content (AvgIpc) is 2.85. The third-order valence-corrected chi connectivity index (χ3v) is 5.90. The molecule has 0 bridgehead atoms. The van der Waals surface area contributed by atoms with Gasteiger partial charge >= 0.3 is 0 Å². The largest absolute Gasteiger partial charge is 0.493 e. The first-order valence-electron chi connectivity index (χ1n) is 11.7. The van der Waals surface area contributed by atoms with E-state index in [9.17, 15) is 0 Å². The number of hydrogen-bond acceptors (Lipinski definition) is 9. The van der Waals surface area contributed by atoms with E-state index in [0.29, 0.717) is 39.9 Å². The maximum Gasteiger partial charge on any atom is 0.203 e. The lowest BCUT2D eigenvalue weighted by molar-refractivity contribution is 0.295. The summed E-state index contributed by atoms with van der Waals surface area (Å²) in [5, 5.41) is 3.55. The van der Waals surface area contributed by atoms with Crippen molar-refractivity contribution in [1.82, 2.24) is 19.9 Å². The molecule has 0 aliphatic rings. The normalized spacial score (nSPS) is 12.1. The Morgan fingerprint density at radius 2 is 1.68 bits per heavy atom. The quantitative estimate of drug-likeness (QED) is 0.404. The highest BCUT2D eigenvalue weighted by atomic mass is 16.5. The van der Waals surface area contributed by atoms with Crippen molar-refractivity contribution in [3.05, 3.63) is 24.4 Å². The van der Waals surface area contributed by atoms with E-state index >= 15 is 0 Å². The van der Waals surface area contributed by atoms with Gasteiger partial charge < -0.3 is 30.2 Å². The van der Waals surface area contributed by atoms with E-state index in [1.165, 1.54) is 0 Å². The molecule has 0 aliphatic heterocycles. The summed E-state index contributed by atoms with van der Waals surface area (Å²) < 4.78 is 16.4. The summed E-state index contributed by atoms with van der Waals surface area (Å²) in [4.78, 5) is 16.3. The summed E-state index contributed by atoms with van der Waals surface area (Å²) in [6, 6.07) is 5.75. The summed E-state index contributed by atoms with van der Waals surface area (Å²) in [7, 11) is 4.73. The first-order chi connectivity index (χ1) is 16.4. The Morgan fingerprint density at radius 1 is 1.00 bits per heavy atom. The molecule has 0 amide bonds. The summed E-state index contributed by atoms with van der Waals surface area (Å²) in [5.41, 5.74) is 9.50. The fraction of sp³-hybridized carbons (Fsp3) is 0.480. The van der Waals surface area contributed by atoms with Crippen LogP contribution in [0.25, 0.3) is 22.4 Å². The lowest BCUT2D eigenvalue weighted by atomic mass is 10.1. The van der Waals surface area contributed by atoms with Crippen LogP contribution in [0.4, 0.5) is 11.5 Å². The Labute approximate surface area is 201 Å². The number of rotatable bonds is 12. The van der Waals surface area contributed by atoms with Crippen molar-refractivity contribution in [2.75, 3.05) is 52.0 Å². The molecule has 34 heavy (non-hydrogen) atoms. The van der Waals surface area contributed by atoms with Crippen molar-refractivity contribution < 1.29 is 14.2 Å². The van der Waals surface area contributed by atoms with E-state index in [1.54, 1.807) is 27.5 Å². The lowest BCUT2D eigenvalue weighted by Crippen LogP contribution is -2.25. The van der Waals surface area contributed by atoms with E-state index in [1.807, 2.05) is 18.2 Å². The Bertz CT molecular complexity index is 1080. The number of nitrogens with two attached hydrogens (primary N) is 1. The van der Waals surface area contributed by atoms with E-state index in [4.69, 9.17) is 24.9 Å². The van der Waals surface area contributed by atoms with E-state index in [0.717, 1.165) is 43.7 Å². The molecule has 3 rings (SSSR count). The molecule has 0 fully saturated rings. The van der Waals surface area contributed by atoms with Gasteiger partial charge in [-0.25, -0.2) is 15.0 Å². The van der Waals surface area contributed by atoms with Crippen LogP contribution < -0.4 is 25.3 Å². The van der Waals surface area contributed by atoms with Gasteiger partial charge in [-0.2, -0.15) is 0 Å². The zero-order chi connectivity index (χ0) is 24.7. The maximum absolute atomic E-state index is 6.11. The molecule has 0 aliphatic carbocycles. The second kappa shape index (κ2) is 11.7. The van der Waals surface area contributed by atoms with Crippen molar-refractivity contribution >= 4 is 22.7 Å². The zero-order valence-electron chi connectivity index (χ0n) is 21.0. The highest BCUT2D eigenvalue weighted by molar-refractivity contribution is 5.88. The van der Waals surface area contributed by atoms with Gasteiger partial charge in [-0.05, 0) is 51.5 Å². The number of nitrogen functional groups attached to an aromatic ring is 1. The second-order valence-electron chi connectivity index (χ2n) is 8.15. The van der Waals surface area contributed by atoms with E-state index in [-0.39, 0.29) is 6.04 Å². The first kappa shape index (κ1) is 25.3. The molecule has 2 aromatic heterocycles. The van der Waals surface area contributed by atoms with Crippen LogP contribution in [0.15, 0.2) is 24.4 Å². The predicted octanol–water partition coefficient (Wildman–Crippen LogP) is 4.22. The highest BCUT2D eigenvalue weighted by Crippen LogP contribution is 2.41. The summed E-state index contributed by atoms with van der Waals surface area (Å²) in [5.74, 6) is 1.99. The number of benzene rings is 1. The lowest BCUT2D eigenvalue weighted by Gasteiger charge is -2.20. The molecular weight excluding hydrogens is 432 g/mol. The van der Waals surface area contributed by atoms with E-state index in [2.05, 4.69) is 41.0 Å². The molecule has 9 heteroatoms. The minimum absolute atomic E-state index is 0.261. The van der Waals surface area contributed by atoms with Gasteiger partial charge in [0.15, 0.2) is 17.1 Å². The van der Waals surface area contributed by atoms with Gasteiger partial charge in [0.1, 0.15) is 11.3 Å². The van der Waals surface area contributed by atoms with Gasteiger partial charge in [0, 0.05) is 17.7 Å². The van der Waals surface area contributed by atoms with Crippen molar-refractivity contribution in [2.24, 2.45) is 0 Å². The molecule has 3 N–H and O–H groups in total. The van der Waals surface area contributed by atoms with Gasteiger partial charge in [0.05, 0.1) is 38.9 Å². The molecule has 0 spiro atoms. The van der Waals surface area contributed by atoms with Crippen molar-refractivity contribution in [3.8, 4) is 28.5 Å². The molecule has 0 radical (unpaired) electrons. The number of nitrogens with one attached hydrogen (secondary N) is 1. The van der Waals surface area contributed by atoms with Gasteiger partial charge in [0.2, 0.25) is 5.75 Å². The molecule has 0 unspecified atom stereocenters. The van der Waals surface area contributed by atoms with Gasteiger partial charge in [-0.1, -0.05) is 13.8 Å². The van der Waals surface area contributed by atoms with Crippen molar-refractivity contribution in [1.29, 1.82) is 0 Å². The number of pyridine rings is 1. The second-order valence-corrected chi connectivity index (χ2v) is 8.15.